The van der Waals surface area contributed by atoms with Crippen LogP contribution in [0.25, 0.3) is 0 Å². The first-order valence-electron chi connectivity index (χ1n) is 3.94. The van der Waals surface area contributed by atoms with Crippen LogP contribution in [0, 0.1) is 0 Å². The third kappa shape index (κ3) is 1.95. The second-order valence-electron chi connectivity index (χ2n) is 2.80. The highest BCUT2D eigenvalue weighted by molar-refractivity contribution is 5.85. The molecule has 0 unspecified atom stereocenters. The van der Waals surface area contributed by atoms with Crippen LogP contribution in [0.5, 0.6) is 0 Å². The van der Waals surface area contributed by atoms with E-state index in [1.807, 2.05) is 0 Å². The number of rotatable bonds is 1. The van der Waals surface area contributed by atoms with E-state index < -0.39 is 0 Å². The Labute approximate surface area is 77.1 Å². The third-order valence-electron chi connectivity index (χ3n) is 2.07. The standard InChI is InChI=1S/C7H11N3O.ClH/c1-3-8-4-2-6(1)7-9-5-10-11-7;/h5-6,8H,1-4H2;1H. The summed E-state index contributed by atoms with van der Waals surface area (Å²) in [6.07, 6.45) is 3.70. The number of piperidine rings is 1. The summed E-state index contributed by atoms with van der Waals surface area (Å²) in [6, 6.07) is 0. The zero-order valence-corrected chi connectivity index (χ0v) is 7.51. The average Bonchev–Trinajstić information content (AvgIpc) is 2.58. The van der Waals surface area contributed by atoms with Gasteiger partial charge in [0.05, 0.1) is 0 Å². The van der Waals surface area contributed by atoms with Crippen molar-refractivity contribution in [2.45, 2.75) is 18.8 Å². The molecule has 1 aliphatic heterocycles. The molecule has 1 aliphatic rings. The molecule has 0 aliphatic carbocycles. The Bertz CT molecular complexity index is 208. The molecular weight excluding hydrogens is 178 g/mol. The lowest BCUT2D eigenvalue weighted by atomic mass is 9.98. The molecule has 0 amide bonds. The van der Waals surface area contributed by atoms with Gasteiger partial charge in [-0.15, -0.1) is 12.4 Å². The smallest absolute Gasteiger partial charge is 0.229 e. The quantitative estimate of drug-likeness (QED) is 0.715. The molecule has 0 radical (unpaired) electrons. The van der Waals surface area contributed by atoms with Crippen LogP contribution in [-0.4, -0.2) is 23.2 Å². The number of hydrogen-bond donors (Lipinski definition) is 1. The van der Waals surface area contributed by atoms with E-state index in [1.165, 1.54) is 6.33 Å². The predicted molar refractivity (Wildman–Crippen MR) is 46.4 cm³/mol. The first-order valence-corrected chi connectivity index (χ1v) is 3.94. The minimum Gasteiger partial charge on any atom is -0.339 e. The lowest BCUT2D eigenvalue weighted by Gasteiger charge is -2.18. The summed E-state index contributed by atoms with van der Waals surface area (Å²) in [5.74, 6) is 1.28. The molecule has 1 fully saturated rings. The first-order chi connectivity index (χ1) is 5.47. The molecule has 1 saturated heterocycles. The first kappa shape index (κ1) is 9.48. The van der Waals surface area contributed by atoms with Crippen molar-refractivity contribution in [1.29, 1.82) is 0 Å². The van der Waals surface area contributed by atoms with Gasteiger partial charge in [-0.2, -0.15) is 4.98 Å². The zero-order chi connectivity index (χ0) is 7.52. The van der Waals surface area contributed by atoms with Crippen molar-refractivity contribution in [3.05, 3.63) is 12.2 Å². The highest BCUT2D eigenvalue weighted by Crippen LogP contribution is 2.22. The summed E-state index contributed by atoms with van der Waals surface area (Å²) in [6.45, 7) is 2.13. The Morgan fingerprint density at radius 2 is 2.17 bits per heavy atom. The van der Waals surface area contributed by atoms with Crippen molar-refractivity contribution in [2.24, 2.45) is 0 Å². The van der Waals surface area contributed by atoms with Gasteiger partial charge in [-0.05, 0) is 25.9 Å². The number of hydrogen-bond acceptors (Lipinski definition) is 4. The Morgan fingerprint density at radius 1 is 1.42 bits per heavy atom. The largest absolute Gasteiger partial charge is 0.339 e. The van der Waals surface area contributed by atoms with Gasteiger partial charge < -0.3 is 9.84 Å². The molecule has 12 heavy (non-hydrogen) atoms. The van der Waals surface area contributed by atoms with Crippen molar-refractivity contribution in [3.63, 3.8) is 0 Å². The second kappa shape index (κ2) is 4.42. The molecule has 0 bridgehead atoms. The fourth-order valence-corrected chi connectivity index (χ4v) is 1.43. The van der Waals surface area contributed by atoms with E-state index in [2.05, 4.69) is 15.5 Å². The van der Waals surface area contributed by atoms with E-state index >= 15 is 0 Å². The predicted octanol–water partition coefficient (Wildman–Crippen LogP) is 0.958. The summed E-state index contributed by atoms with van der Waals surface area (Å²) >= 11 is 0. The van der Waals surface area contributed by atoms with Crippen molar-refractivity contribution in [2.75, 3.05) is 13.1 Å². The SMILES string of the molecule is Cl.c1noc(C2CCNCC2)n1. The fourth-order valence-electron chi connectivity index (χ4n) is 1.43. The van der Waals surface area contributed by atoms with Crippen molar-refractivity contribution in [3.8, 4) is 0 Å². The maximum Gasteiger partial charge on any atom is 0.229 e. The molecule has 0 atom stereocenters. The Balaban J connectivity index is 0.000000720. The monoisotopic (exact) mass is 189 g/mol. The van der Waals surface area contributed by atoms with Crippen LogP contribution < -0.4 is 5.32 Å². The van der Waals surface area contributed by atoms with Gasteiger partial charge in [-0.25, -0.2) is 0 Å². The van der Waals surface area contributed by atoms with Gasteiger partial charge in [0.1, 0.15) is 0 Å². The van der Waals surface area contributed by atoms with Crippen LogP contribution in [0.1, 0.15) is 24.7 Å². The Kier molecular flexibility index (Phi) is 3.49. The van der Waals surface area contributed by atoms with Gasteiger partial charge >= 0.3 is 0 Å². The number of halogens is 1. The van der Waals surface area contributed by atoms with Gasteiger partial charge in [0.15, 0.2) is 6.33 Å². The molecule has 0 spiro atoms. The molecule has 4 nitrogen and oxygen atoms in total. The maximum atomic E-state index is 4.98. The zero-order valence-electron chi connectivity index (χ0n) is 6.69. The van der Waals surface area contributed by atoms with Crippen LogP contribution in [0.4, 0.5) is 0 Å². The highest BCUT2D eigenvalue weighted by atomic mass is 35.5. The summed E-state index contributed by atoms with van der Waals surface area (Å²) < 4.78 is 4.98. The molecule has 2 rings (SSSR count). The number of aromatic nitrogens is 2. The van der Waals surface area contributed by atoms with E-state index in [9.17, 15) is 0 Å². The van der Waals surface area contributed by atoms with Crippen LogP contribution in [-0.2, 0) is 0 Å². The molecule has 2 heterocycles. The van der Waals surface area contributed by atoms with Crippen molar-refractivity contribution >= 4 is 12.4 Å². The highest BCUT2D eigenvalue weighted by Gasteiger charge is 2.19. The molecule has 0 aromatic carbocycles. The lowest BCUT2D eigenvalue weighted by molar-refractivity contribution is 0.320. The summed E-state index contributed by atoms with van der Waals surface area (Å²) in [7, 11) is 0. The van der Waals surface area contributed by atoms with Gasteiger partial charge in [-0.3, -0.25) is 0 Å². The molecule has 0 saturated carbocycles. The molecule has 1 N–H and O–H groups in total. The summed E-state index contributed by atoms with van der Waals surface area (Å²) in [5.41, 5.74) is 0. The van der Waals surface area contributed by atoms with E-state index in [4.69, 9.17) is 4.52 Å². The minimum absolute atomic E-state index is 0. The van der Waals surface area contributed by atoms with E-state index in [-0.39, 0.29) is 12.4 Å². The van der Waals surface area contributed by atoms with Crippen molar-refractivity contribution in [1.82, 2.24) is 15.5 Å². The Morgan fingerprint density at radius 3 is 2.75 bits per heavy atom. The second-order valence-corrected chi connectivity index (χ2v) is 2.80. The summed E-state index contributed by atoms with van der Waals surface area (Å²) in [5, 5.41) is 6.88. The minimum atomic E-state index is 0. The average molecular weight is 190 g/mol. The van der Waals surface area contributed by atoms with E-state index in [1.54, 1.807) is 0 Å². The Hall–Kier alpha value is -0.610. The van der Waals surface area contributed by atoms with Crippen LogP contribution >= 0.6 is 12.4 Å². The van der Waals surface area contributed by atoms with Crippen LogP contribution in [0.3, 0.4) is 0 Å². The molecule has 68 valence electrons. The van der Waals surface area contributed by atoms with Gasteiger partial charge in [0, 0.05) is 5.92 Å². The molecule has 5 heteroatoms. The normalized spacial score (nSPS) is 18.7. The van der Waals surface area contributed by atoms with Crippen molar-refractivity contribution < 1.29 is 4.52 Å². The number of nitrogens with one attached hydrogen (secondary N) is 1. The topological polar surface area (TPSA) is 51.0 Å². The van der Waals surface area contributed by atoms with Crippen LogP contribution in [0.2, 0.25) is 0 Å². The lowest BCUT2D eigenvalue weighted by Crippen LogP contribution is -2.26. The molecular formula is C7H12ClN3O. The van der Waals surface area contributed by atoms with Gasteiger partial charge in [0.25, 0.3) is 0 Å². The third-order valence-corrected chi connectivity index (χ3v) is 2.07. The van der Waals surface area contributed by atoms with Gasteiger partial charge in [0.2, 0.25) is 5.89 Å². The molecule has 1 aromatic rings. The van der Waals surface area contributed by atoms with Gasteiger partial charge in [-0.1, -0.05) is 5.16 Å². The fraction of sp³-hybridized carbons (Fsp3) is 0.714. The maximum absolute atomic E-state index is 4.98. The summed E-state index contributed by atoms with van der Waals surface area (Å²) in [4.78, 5) is 4.03. The number of nitrogens with zero attached hydrogens (tertiary/aromatic N) is 2. The van der Waals surface area contributed by atoms with E-state index in [0.29, 0.717) is 5.92 Å². The van der Waals surface area contributed by atoms with E-state index in [0.717, 1.165) is 31.8 Å². The molecule has 1 aromatic heterocycles. The van der Waals surface area contributed by atoms with Crippen LogP contribution in [0.15, 0.2) is 10.9 Å².